The van der Waals surface area contributed by atoms with Gasteiger partial charge >= 0.3 is 0 Å². The molecule has 1 aliphatic rings. The first-order valence-corrected chi connectivity index (χ1v) is 7.65. The first kappa shape index (κ1) is 16.3. The smallest absolute Gasteiger partial charge is 0.159 e. The van der Waals surface area contributed by atoms with Crippen molar-refractivity contribution in [1.29, 1.82) is 0 Å². The highest BCUT2D eigenvalue weighted by atomic mass is 16.7. The van der Waals surface area contributed by atoms with E-state index in [1.807, 2.05) is 0 Å². The van der Waals surface area contributed by atoms with E-state index in [9.17, 15) is 0 Å². The third-order valence-electron chi connectivity index (χ3n) is 4.57. The summed E-state index contributed by atoms with van der Waals surface area (Å²) in [5.41, 5.74) is 8.67. The average molecular weight is 292 g/mol. The highest BCUT2D eigenvalue weighted by molar-refractivity contribution is 5.57. The monoisotopic (exact) mass is 292 g/mol. The predicted octanol–water partition coefficient (Wildman–Crippen LogP) is 2.41. The van der Waals surface area contributed by atoms with Crippen LogP contribution >= 0.6 is 0 Å². The Labute approximate surface area is 128 Å². The van der Waals surface area contributed by atoms with E-state index < -0.39 is 0 Å². The zero-order valence-electron chi connectivity index (χ0n) is 13.6. The van der Waals surface area contributed by atoms with Crippen molar-refractivity contribution in [2.45, 2.75) is 38.5 Å². The normalized spacial score (nSPS) is 21.2. The van der Waals surface area contributed by atoms with Crippen LogP contribution in [0.1, 0.15) is 25.8 Å². The molecule has 2 atom stereocenters. The van der Waals surface area contributed by atoms with Crippen LogP contribution < -0.4 is 10.6 Å². The SMILES string of the molecule is COC(CC(C)(CN)N1CC(C)Cc2ccccc21)OC. The number of ether oxygens (including phenoxy) is 2. The van der Waals surface area contributed by atoms with Crippen molar-refractivity contribution in [2.75, 3.05) is 32.2 Å². The summed E-state index contributed by atoms with van der Waals surface area (Å²) >= 11 is 0. The Kier molecular flexibility index (Phi) is 5.25. The van der Waals surface area contributed by atoms with Crippen LogP contribution in [0.25, 0.3) is 0 Å². The Morgan fingerprint density at radius 2 is 2.00 bits per heavy atom. The fourth-order valence-corrected chi connectivity index (χ4v) is 3.23. The Hall–Kier alpha value is -1.10. The molecule has 2 unspecified atom stereocenters. The molecule has 21 heavy (non-hydrogen) atoms. The molecule has 2 N–H and O–H groups in total. The molecule has 0 amide bonds. The largest absolute Gasteiger partial charge is 0.364 e. The van der Waals surface area contributed by atoms with Gasteiger partial charge in [-0.05, 0) is 30.9 Å². The van der Waals surface area contributed by atoms with Crippen molar-refractivity contribution < 1.29 is 9.47 Å². The predicted molar refractivity (Wildman–Crippen MR) is 86.5 cm³/mol. The number of nitrogens with zero attached hydrogens (tertiary/aromatic N) is 1. The van der Waals surface area contributed by atoms with Gasteiger partial charge in [-0.1, -0.05) is 25.1 Å². The lowest BCUT2D eigenvalue weighted by molar-refractivity contribution is -0.115. The van der Waals surface area contributed by atoms with Crippen LogP contribution in [-0.2, 0) is 15.9 Å². The third kappa shape index (κ3) is 3.39. The maximum absolute atomic E-state index is 6.15. The molecule has 1 aromatic carbocycles. The zero-order valence-corrected chi connectivity index (χ0v) is 13.6. The second-order valence-corrected chi connectivity index (χ2v) is 6.35. The van der Waals surface area contributed by atoms with Crippen LogP contribution in [0, 0.1) is 5.92 Å². The van der Waals surface area contributed by atoms with Crippen molar-refractivity contribution in [3.63, 3.8) is 0 Å². The van der Waals surface area contributed by atoms with Gasteiger partial charge in [0.05, 0.1) is 5.54 Å². The first-order valence-electron chi connectivity index (χ1n) is 7.65. The van der Waals surface area contributed by atoms with Gasteiger partial charge in [-0.15, -0.1) is 0 Å². The van der Waals surface area contributed by atoms with Crippen molar-refractivity contribution in [1.82, 2.24) is 0 Å². The van der Waals surface area contributed by atoms with Gasteiger partial charge < -0.3 is 20.1 Å². The minimum atomic E-state index is -0.233. The summed E-state index contributed by atoms with van der Waals surface area (Å²) in [6.45, 7) is 6.08. The van der Waals surface area contributed by atoms with Crippen molar-refractivity contribution >= 4 is 5.69 Å². The van der Waals surface area contributed by atoms with Crippen LogP contribution in [0.5, 0.6) is 0 Å². The van der Waals surface area contributed by atoms with Crippen molar-refractivity contribution in [2.24, 2.45) is 11.7 Å². The highest BCUT2D eigenvalue weighted by Gasteiger charge is 2.37. The number of anilines is 1. The van der Waals surface area contributed by atoms with E-state index in [4.69, 9.17) is 15.2 Å². The van der Waals surface area contributed by atoms with Gasteiger partial charge in [-0.3, -0.25) is 0 Å². The number of hydrogen-bond acceptors (Lipinski definition) is 4. The van der Waals surface area contributed by atoms with Crippen molar-refractivity contribution in [3.05, 3.63) is 29.8 Å². The topological polar surface area (TPSA) is 47.7 Å². The molecule has 0 aliphatic carbocycles. The number of benzene rings is 1. The highest BCUT2D eigenvalue weighted by Crippen LogP contribution is 2.36. The average Bonchev–Trinajstić information content (AvgIpc) is 2.51. The minimum Gasteiger partial charge on any atom is -0.364 e. The standard InChI is InChI=1S/C17H28N2O2/c1-13-9-14-7-5-6-8-15(14)19(11-13)17(2,12-18)10-16(20-3)21-4/h5-8,13,16H,9-12,18H2,1-4H3. The lowest BCUT2D eigenvalue weighted by atomic mass is 9.86. The molecule has 0 saturated heterocycles. The van der Waals surface area contributed by atoms with Gasteiger partial charge in [0, 0.05) is 39.4 Å². The maximum atomic E-state index is 6.15. The van der Waals surface area contributed by atoms with Gasteiger partial charge in [-0.25, -0.2) is 0 Å². The number of methoxy groups -OCH3 is 2. The molecule has 0 fully saturated rings. The van der Waals surface area contributed by atoms with E-state index in [0.29, 0.717) is 12.5 Å². The molecule has 0 bridgehead atoms. The van der Waals surface area contributed by atoms with Gasteiger partial charge in [0.2, 0.25) is 0 Å². The Morgan fingerprint density at radius 1 is 1.33 bits per heavy atom. The van der Waals surface area contributed by atoms with E-state index in [1.165, 1.54) is 11.3 Å². The molecule has 0 saturated carbocycles. The molecule has 1 aliphatic heterocycles. The van der Waals surface area contributed by atoms with E-state index >= 15 is 0 Å². The van der Waals surface area contributed by atoms with Crippen LogP contribution in [0.4, 0.5) is 5.69 Å². The van der Waals surface area contributed by atoms with Crippen molar-refractivity contribution in [3.8, 4) is 0 Å². The lowest BCUT2D eigenvalue weighted by Gasteiger charge is -2.48. The van der Waals surface area contributed by atoms with E-state index in [0.717, 1.165) is 19.4 Å². The number of hydrogen-bond donors (Lipinski definition) is 1. The van der Waals surface area contributed by atoms with Crippen LogP contribution in [-0.4, -0.2) is 39.1 Å². The van der Waals surface area contributed by atoms with E-state index in [2.05, 4.69) is 43.0 Å². The number of nitrogens with two attached hydrogens (primary N) is 1. The second-order valence-electron chi connectivity index (χ2n) is 6.35. The van der Waals surface area contributed by atoms with E-state index in [-0.39, 0.29) is 11.8 Å². The molecule has 0 aromatic heterocycles. The molecular formula is C17H28N2O2. The lowest BCUT2D eigenvalue weighted by Crippen LogP contribution is -2.57. The summed E-state index contributed by atoms with van der Waals surface area (Å²) in [7, 11) is 3.36. The van der Waals surface area contributed by atoms with Gasteiger partial charge in [0.1, 0.15) is 0 Å². The summed E-state index contributed by atoms with van der Waals surface area (Å²) in [6.07, 6.45) is 1.64. The first-order chi connectivity index (χ1) is 10.0. The molecule has 0 spiro atoms. The molecule has 1 heterocycles. The number of fused-ring (bicyclic) bond motifs is 1. The molecule has 0 radical (unpaired) electrons. The summed E-state index contributed by atoms with van der Waals surface area (Å²) in [5, 5.41) is 0. The maximum Gasteiger partial charge on any atom is 0.159 e. The third-order valence-corrected chi connectivity index (χ3v) is 4.57. The quantitative estimate of drug-likeness (QED) is 0.818. The zero-order chi connectivity index (χ0) is 15.5. The molecule has 1 aromatic rings. The summed E-state index contributed by atoms with van der Waals surface area (Å²) in [4.78, 5) is 2.45. The number of rotatable bonds is 6. The fraction of sp³-hybridized carbons (Fsp3) is 0.647. The minimum absolute atomic E-state index is 0.179. The molecule has 118 valence electrons. The van der Waals surface area contributed by atoms with Crippen LogP contribution in [0.15, 0.2) is 24.3 Å². The molecule has 2 rings (SSSR count). The van der Waals surface area contributed by atoms with Gasteiger partial charge in [0.15, 0.2) is 6.29 Å². The van der Waals surface area contributed by atoms with Crippen LogP contribution in [0.2, 0.25) is 0 Å². The summed E-state index contributed by atoms with van der Waals surface area (Å²) in [6, 6.07) is 8.63. The molecule has 4 nitrogen and oxygen atoms in total. The van der Waals surface area contributed by atoms with Gasteiger partial charge in [0.25, 0.3) is 0 Å². The summed E-state index contributed by atoms with van der Waals surface area (Å²) < 4.78 is 10.8. The Balaban J connectivity index is 2.33. The fourth-order valence-electron chi connectivity index (χ4n) is 3.23. The van der Waals surface area contributed by atoms with Gasteiger partial charge in [-0.2, -0.15) is 0 Å². The van der Waals surface area contributed by atoms with E-state index in [1.54, 1.807) is 14.2 Å². The Morgan fingerprint density at radius 3 is 2.62 bits per heavy atom. The second kappa shape index (κ2) is 6.77. The molecule has 4 heteroatoms. The van der Waals surface area contributed by atoms with Crippen LogP contribution in [0.3, 0.4) is 0 Å². The Bertz CT molecular complexity index is 462. The molecular weight excluding hydrogens is 264 g/mol. The summed E-state index contributed by atoms with van der Waals surface area (Å²) in [5.74, 6) is 0.620. The number of para-hydroxylation sites is 1.